The number of amides is 2. The minimum Gasteiger partial charge on any atom is -0.383 e. The number of likely N-dealkylation sites (tertiary alicyclic amines) is 1. The molecule has 1 atom stereocenters. The van der Waals surface area contributed by atoms with E-state index in [-0.39, 0.29) is 17.7 Å². The molecule has 1 heterocycles. The molecule has 1 saturated heterocycles. The average Bonchev–Trinajstić information content (AvgIpc) is 2.77. The molecule has 19 heavy (non-hydrogen) atoms. The van der Waals surface area contributed by atoms with Gasteiger partial charge >= 0.3 is 0 Å². The van der Waals surface area contributed by atoms with Gasteiger partial charge in [0.15, 0.2) is 0 Å². The molecule has 0 aromatic carbocycles. The van der Waals surface area contributed by atoms with Crippen molar-refractivity contribution in [1.29, 1.82) is 0 Å². The van der Waals surface area contributed by atoms with Gasteiger partial charge in [-0.15, -0.1) is 0 Å². The number of hydrogen-bond donors (Lipinski definition) is 1. The van der Waals surface area contributed by atoms with Crippen LogP contribution in [0.25, 0.3) is 0 Å². The van der Waals surface area contributed by atoms with Gasteiger partial charge in [0.2, 0.25) is 11.8 Å². The Kier molecular flexibility index (Phi) is 7.48. The summed E-state index contributed by atoms with van der Waals surface area (Å²) >= 11 is 0. The molecule has 1 aliphatic rings. The van der Waals surface area contributed by atoms with E-state index in [1.165, 1.54) is 12.8 Å². The van der Waals surface area contributed by atoms with Gasteiger partial charge in [-0.1, -0.05) is 26.2 Å². The predicted molar refractivity (Wildman–Crippen MR) is 73.7 cm³/mol. The first-order valence-electron chi connectivity index (χ1n) is 7.23. The fraction of sp³-hybridized carbons (Fsp3) is 0.857. The minimum absolute atomic E-state index is 0.0183. The number of methoxy groups -OCH3 is 1. The molecule has 1 aliphatic heterocycles. The highest BCUT2D eigenvalue weighted by atomic mass is 16.5. The predicted octanol–water partition coefficient (Wildman–Crippen LogP) is 1.18. The average molecular weight is 270 g/mol. The number of nitrogens with one attached hydrogen (secondary N) is 1. The van der Waals surface area contributed by atoms with Crippen LogP contribution in [0.4, 0.5) is 0 Å². The van der Waals surface area contributed by atoms with E-state index in [2.05, 4.69) is 12.2 Å². The van der Waals surface area contributed by atoms with Gasteiger partial charge in [0, 0.05) is 33.2 Å². The third-order valence-electron chi connectivity index (χ3n) is 3.48. The van der Waals surface area contributed by atoms with Gasteiger partial charge in [0.1, 0.15) is 0 Å². The Morgan fingerprint density at radius 1 is 1.42 bits per heavy atom. The first-order chi connectivity index (χ1) is 9.19. The molecule has 0 saturated carbocycles. The van der Waals surface area contributed by atoms with Crippen LogP contribution in [0.1, 0.15) is 39.0 Å². The Bertz CT molecular complexity index is 294. The zero-order valence-corrected chi connectivity index (χ0v) is 12.1. The summed E-state index contributed by atoms with van der Waals surface area (Å²) in [6.45, 7) is 4.52. The third-order valence-corrected chi connectivity index (χ3v) is 3.48. The van der Waals surface area contributed by atoms with E-state index in [0.717, 1.165) is 19.4 Å². The Labute approximate surface area is 115 Å². The fourth-order valence-electron chi connectivity index (χ4n) is 2.27. The van der Waals surface area contributed by atoms with Crippen LogP contribution < -0.4 is 5.32 Å². The molecule has 5 heteroatoms. The number of rotatable bonds is 9. The molecule has 0 spiro atoms. The summed E-state index contributed by atoms with van der Waals surface area (Å²) in [5.74, 6) is -0.108. The highest BCUT2D eigenvalue weighted by Gasteiger charge is 2.33. The second kappa shape index (κ2) is 8.91. The number of carbonyl (C=O) groups excluding carboxylic acids is 2. The molecule has 0 aromatic heterocycles. The molecule has 0 aromatic rings. The lowest BCUT2D eigenvalue weighted by Crippen LogP contribution is -2.34. The van der Waals surface area contributed by atoms with Crippen molar-refractivity contribution >= 4 is 11.8 Å². The van der Waals surface area contributed by atoms with Crippen LogP contribution in [0.3, 0.4) is 0 Å². The molecule has 0 aliphatic carbocycles. The minimum atomic E-state index is -0.185. The van der Waals surface area contributed by atoms with E-state index in [1.54, 1.807) is 12.0 Å². The molecule has 1 fully saturated rings. The van der Waals surface area contributed by atoms with E-state index in [0.29, 0.717) is 26.1 Å². The van der Waals surface area contributed by atoms with E-state index in [9.17, 15) is 9.59 Å². The molecule has 1 rings (SSSR count). The third kappa shape index (κ3) is 5.59. The van der Waals surface area contributed by atoms with Crippen LogP contribution in [0, 0.1) is 5.92 Å². The molecule has 0 radical (unpaired) electrons. The number of unbranched alkanes of at least 4 members (excludes halogenated alkanes) is 3. The summed E-state index contributed by atoms with van der Waals surface area (Å²) in [7, 11) is 1.61. The summed E-state index contributed by atoms with van der Waals surface area (Å²) < 4.78 is 4.96. The second-order valence-corrected chi connectivity index (χ2v) is 5.09. The molecule has 0 bridgehead atoms. The molecule has 5 nitrogen and oxygen atoms in total. The number of hydrogen-bond acceptors (Lipinski definition) is 3. The summed E-state index contributed by atoms with van der Waals surface area (Å²) in [5.41, 5.74) is 0. The number of nitrogens with zero attached hydrogens (tertiary/aromatic N) is 1. The molecule has 1 N–H and O–H groups in total. The molecule has 1 unspecified atom stereocenters. The SMILES string of the molecule is CCCCCCNC(=O)C1CC(=O)N(CCOC)C1. The maximum atomic E-state index is 11.9. The highest BCUT2D eigenvalue weighted by molar-refractivity contribution is 5.89. The summed E-state index contributed by atoms with van der Waals surface area (Å²) in [5, 5.41) is 2.93. The van der Waals surface area contributed by atoms with Gasteiger partial charge in [0.25, 0.3) is 0 Å². The molecule has 2 amide bonds. The highest BCUT2D eigenvalue weighted by Crippen LogP contribution is 2.17. The van der Waals surface area contributed by atoms with Crippen LogP contribution in [-0.4, -0.2) is 50.1 Å². The Balaban J connectivity index is 2.21. The van der Waals surface area contributed by atoms with Gasteiger partial charge in [-0.05, 0) is 6.42 Å². The van der Waals surface area contributed by atoms with Gasteiger partial charge in [-0.3, -0.25) is 9.59 Å². The fourth-order valence-corrected chi connectivity index (χ4v) is 2.27. The first-order valence-corrected chi connectivity index (χ1v) is 7.23. The van der Waals surface area contributed by atoms with Gasteiger partial charge in [0.05, 0.1) is 12.5 Å². The van der Waals surface area contributed by atoms with E-state index >= 15 is 0 Å². The summed E-state index contributed by atoms with van der Waals surface area (Å²) in [6, 6.07) is 0. The van der Waals surface area contributed by atoms with Crippen molar-refractivity contribution in [2.45, 2.75) is 39.0 Å². The van der Waals surface area contributed by atoms with Crippen LogP contribution >= 0.6 is 0 Å². The maximum Gasteiger partial charge on any atom is 0.225 e. The van der Waals surface area contributed by atoms with E-state index < -0.39 is 0 Å². The van der Waals surface area contributed by atoms with Crippen molar-refractivity contribution in [1.82, 2.24) is 10.2 Å². The van der Waals surface area contributed by atoms with E-state index in [4.69, 9.17) is 4.74 Å². The smallest absolute Gasteiger partial charge is 0.225 e. The van der Waals surface area contributed by atoms with Crippen molar-refractivity contribution in [2.24, 2.45) is 5.92 Å². The van der Waals surface area contributed by atoms with Crippen molar-refractivity contribution in [3.8, 4) is 0 Å². The normalized spacial score (nSPS) is 18.9. The van der Waals surface area contributed by atoms with E-state index in [1.807, 2.05) is 0 Å². The van der Waals surface area contributed by atoms with Crippen LogP contribution in [0.2, 0.25) is 0 Å². The van der Waals surface area contributed by atoms with Gasteiger partial charge < -0.3 is 15.0 Å². The Hall–Kier alpha value is -1.10. The Morgan fingerprint density at radius 3 is 2.89 bits per heavy atom. The van der Waals surface area contributed by atoms with Crippen molar-refractivity contribution in [2.75, 3.05) is 33.4 Å². The monoisotopic (exact) mass is 270 g/mol. The van der Waals surface area contributed by atoms with Gasteiger partial charge in [-0.2, -0.15) is 0 Å². The quantitative estimate of drug-likeness (QED) is 0.640. The number of carbonyl (C=O) groups is 2. The maximum absolute atomic E-state index is 11.9. The molecular formula is C14H26N2O3. The Morgan fingerprint density at radius 2 is 2.21 bits per heavy atom. The van der Waals surface area contributed by atoms with Crippen LogP contribution in [-0.2, 0) is 14.3 Å². The zero-order chi connectivity index (χ0) is 14.1. The van der Waals surface area contributed by atoms with Crippen LogP contribution in [0.5, 0.6) is 0 Å². The number of ether oxygens (including phenoxy) is 1. The lowest BCUT2D eigenvalue weighted by Gasteiger charge is -2.15. The van der Waals surface area contributed by atoms with Crippen molar-refractivity contribution < 1.29 is 14.3 Å². The van der Waals surface area contributed by atoms with Crippen molar-refractivity contribution in [3.63, 3.8) is 0 Å². The largest absolute Gasteiger partial charge is 0.383 e. The van der Waals surface area contributed by atoms with Gasteiger partial charge in [-0.25, -0.2) is 0 Å². The topological polar surface area (TPSA) is 58.6 Å². The standard InChI is InChI=1S/C14H26N2O3/c1-3-4-5-6-7-15-14(18)12-10-13(17)16(11-12)8-9-19-2/h12H,3-11H2,1-2H3,(H,15,18). The molecular weight excluding hydrogens is 244 g/mol. The summed E-state index contributed by atoms with van der Waals surface area (Å²) in [6.07, 6.45) is 4.92. The zero-order valence-electron chi connectivity index (χ0n) is 12.1. The first kappa shape index (κ1) is 16.0. The second-order valence-electron chi connectivity index (χ2n) is 5.09. The molecule has 110 valence electrons. The lowest BCUT2D eigenvalue weighted by atomic mass is 10.1. The van der Waals surface area contributed by atoms with Crippen molar-refractivity contribution in [3.05, 3.63) is 0 Å². The lowest BCUT2D eigenvalue weighted by molar-refractivity contribution is -0.129. The summed E-state index contributed by atoms with van der Waals surface area (Å²) in [4.78, 5) is 25.3. The van der Waals surface area contributed by atoms with Crippen LogP contribution in [0.15, 0.2) is 0 Å².